The fraction of sp³-hybridized carbons (Fsp3) is 0.200. The first-order valence-electron chi connectivity index (χ1n) is 8.80. The first-order valence-corrected chi connectivity index (χ1v) is 10.1. The average molecular weight is 425 g/mol. The van der Waals surface area contributed by atoms with Crippen LogP contribution in [-0.2, 0) is 6.42 Å². The number of nitro groups is 1. The fourth-order valence-corrected chi connectivity index (χ4v) is 3.45. The van der Waals surface area contributed by atoms with Gasteiger partial charge in [0.1, 0.15) is 17.2 Å². The number of hydrogen-bond donors (Lipinski definition) is 1. The van der Waals surface area contributed by atoms with E-state index in [0.29, 0.717) is 5.75 Å². The molecule has 154 valence electrons. The molecule has 2 aromatic carbocycles. The summed E-state index contributed by atoms with van der Waals surface area (Å²) < 4.78 is 11.0. The van der Waals surface area contributed by atoms with Crippen molar-refractivity contribution in [3.8, 4) is 17.6 Å². The average Bonchev–Trinajstić information content (AvgIpc) is 2.75. The first kappa shape index (κ1) is 21.2. The lowest BCUT2D eigenvalue weighted by molar-refractivity contribution is -0.419. The van der Waals surface area contributed by atoms with Crippen molar-refractivity contribution in [3.05, 3.63) is 81.4 Å². The highest BCUT2D eigenvalue weighted by atomic mass is 32.2. The standard InChI is InChI=1S/C20H19N5O4S/c1-28-15-8-14(12-21)9-16(11-15)29-19-18(25(26)27)17(23-20(30-2)24(19)22)10-13-6-4-3-5-7-13/h3-9,11,20H,10,22H2,1-2H3. The number of nitriles is 1. The summed E-state index contributed by atoms with van der Waals surface area (Å²) in [6.45, 7) is 0. The van der Waals surface area contributed by atoms with Gasteiger partial charge < -0.3 is 9.47 Å². The first-order chi connectivity index (χ1) is 14.5. The highest BCUT2D eigenvalue weighted by Crippen LogP contribution is 2.30. The number of aliphatic imine (C=N–C) groups is 1. The number of nitrogens with two attached hydrogens (primary N) is 1. The van der Waals surface area contributed by atoms with E-state index < -0.39 is 10.4 Å². The minimum absolute atomic E-state index is 0.155. The molecule has 0 amide bonds. The van der Waals surface area contributed by atoms with E-state index in [0.717, 1.165) is 10.6 Å². The minimum atomic E-state index is -0.608. The van der Waals surface area contributed by atoms with E-state index >= 15 is 0 Å². The van der Waals surface area contributed by atoms with E-state index in [4.69, 9.17) is 15.3 Å². The zero-order chi connectivity index (χ0) is 21.7. The predicted octanol–water partition coefficient (Wildman–Crippen LogP) is 2.91. The number of rotatable bonds is 7. The molecule has 1 unspecified atom stereocenters. The Morgan fingerprint density at radius 3 is 2.60 bits per heavy atom. The highest BCUT2D eigenvalue weighted by Gasteiger charge is 2.38. The molecular formula is C20H19N5O4S. The van der Waals surface area contributed by atoms with Crippen LogP contribution < -0.4 is 15.3 Å². The molecule has 2 aromatic rings. The van der Waals surface area contributed by atoms with Crippen LogP contribution in [0.1, 0.15) is 11.1 Å². The maximum Gasteiger partial charge on any atom is 0.351 e. The largest absolute Gasteiger partial charge is 0.497 e. The van der Waals surface area contributed by atoms with Gasteiger partial charge in [-0.2, -0.15) is 5.26 Å². The summed E-state index contributed by atoms with van der Waals surface area (Å²) in [5.74, 6) is 6.55. The SMILES string of the molecule is COc1cc(C#N)cc(OC2=C([N+](=O)[O-])C(Cc3ccccc3)=NC(SC)N2N)c1. The Hall–Kier alpha value is -3.55. The molecule has 0 fully saturated rings. The number of hydrogen-bond acceptors (Lipinski definition) is 9. The summed E-state index contributed by atoms with van der Waals surface area (Å²) >= 11 is 1.31. The summed E-state index contributed by atoms with van der Waals surface area (Å²) in [5, 5.41) is 22.3. The molecule has 0 radical (unpaired) electrons. The topological polar surface area (TPSA) is 127 Å². The van der Waals surface area contributed by atoms with E-state index in [1.165, 1.54) is 37.1 Å². The quantitative estimate of drug-likeness (QED) is 0.407. The maximum atomic E-state index is 12.0. The molecule has 0 saturated heterocycles. The normalized spacial score (nSPS) is 16.0. The minimum Gasteiger partial charge on any atom is -0.497 e. The van der Waals surface area contributed by atoms with Gasteiger partial charge in [0.15, 0.2) is 5.50 Å². The van der Waals surface area contributed by atoms with Crippen molar-refractivity contribution in [1.82, 2.24) is 5.01 Å². The van der Waals surface area contributed by atoms with E-state index in [-0.39, 0.29) is 35.0 Å². The third-order valence-corrected chi connectivity index (χ3v) is 5.04. The monoisotopic (exact) mass is 425 g/mol. The van der Waals surface area contributed by atoms with Gasteiger partial charge in [-0.25, -0.2) is 15.8 Å². The van der Waals surface area contributed by atoms with E-state index in [1.54, 1.807) is 6.26 Å². The fourth-order valence-electron chi connectivity index (χ4n) is 2.90. The molecule has 1 heterocycles. The number of thioether (sulfide) groups is 1. The van der Waals surface area contributed by atoms with E-state index in [9.17, 15) is 15.4 Å². The summed E-state index contributed by atoms with van der Waals surface area (Å²) in [4.78, 5) is 15.9. The predicted molar refractivity (Wildman–Crippen MR) is 113 cm³/mol. The molecule has 1 atom stereocenters. The van der Waals surface area contributed by atoms with Crippen LogP contribution in [0.3, 0.4) is 0 Å². The Balaban J connectivity index is 2.08. The molecule has 10 heteroatoms. The number of methoxy groups -OCH3 is 1. The molecule has 1 aliphatic heterocycles. The summed E-state index contributed by atoms with van der Waals surface area (Å²) in [6, 6.07) is 15.8. The second-order valence-electron chi connectivity index (χ2n) is 6.23. The number of benzene rings is 2. The highest BCUT2D eigenvalue weighted by molar-refractivity contribution is 7.99. The van der Waals surface area contributed by atoms with Gasteiger partial charge in [-0.3, -0.25) is 10.1 Å². The van der Waals surface area contributed by atoms with Crippen LogP contribution in [0.5, 0.6) is 11.5 Å². The Bertz CT molecular complexity index is 1050. The lowest BCUT2D eigenvalue weighted by Crippen LogP contribution is -2.45. The lowest BCUT2D eigenvalue weighted by Gasteiger charge is -2.30. The van der Waals surface area contributed by atoms with Crippen molar-refractivity contribution < 1.29 is 14.4 Å². The number of allylic oxidation sites excluding steroid dienone is 1. The van der Waals surface area contributed by atoms with E-state index in [2.05, 4.69) is 4.99 Å². The van der Waals surface area contributed by atoms with Gasteiger partial charge in [0.05, 0.1) is 23.7 Å². The zero-order valence-corrected chi connectivity index (χ0v) is 17.1. The maximum absolute atomic E-state index is 12.0. The van der Waals surface area contributed by atoms with Crippen molar-refractivity contribution in [3.63, 3.8) is 0 Å². The second-order valence-corrected chi connectivity index (χ2v) is 7.12. The second kappa shape index (κ2) is 9.30. The molecule has 2 N–H and O–H groups in total. The molecule has 30 heavy (non-hydrogen) atoms. The van der Waals surface area contributed by atoms with Gasteiger partial charge in [-0.15, -0.1) is 11.8 Å². The zero-order valence-electron chi connectivity index (χ0n) is 16.3. The Morgan fingerprint density at radius 1 is 1.30 bits per heavy atom. The van der Waals surface area contributed by atoms with Crippen LogP contribution in [0.25, 0.3) is 0 Å². The van der Waals surface area contributed by atoms with Crippen molar-refractivity contribution in [2.45, 2.75) is 11.9 Å². The van der Waals surface area contributed by atoms with Crippen LogP contribution in [0.15, 0.2) is 65.1 Å². The molecule has 0 saturated carbocycles. The summed E-state index contributed by atoms with van der Waals surface area (Å²) in [6.07, 6.45) is 2.04. The number of nitrogens with zero attached hydrogens (tertiary/aromatic N) is 4. The van der Waals surface area contributed by atoms with Gasteiger partial charge in [0.25, 0.3) is 5.88 Å². The Morgan fingerprint density at radius 2 is 2.00 bits per heavy atom. The van der Waals surface area contributed by atoms with Crippen molar-refractivity contribution in [2.24, 2.45) is 10.8 Å². The van der Waals surface area contributed by atoms with Gasteiger partial charge in [-0.05, 0) is 24.0 Å². The molecule has 0 spiro atoms. The van der Waals surface area contributed by atoms with Crippen LogP contribution in [-0.4, -0.2) is 34.5 Å². The smallest absolute Gasteiger partial charge is 0.351 e. The molecular weight excluding hydrogens is 406 g/mol. The van der Waals surface area contributed by atoms with Crippen molar-refractivity contribution in [2.75, 3.05) is 13.4 Å². The van der Waals surface area contributed by atoms with Crippen LogP contribution >= 0.6 is 11.8 Å². The summed E-state index contributed by atoms with van der Waals surface area (Å²) in [7, 11) is 1.45. The van der Waals surface area contributed by atoms with Gasteiger partial charge >= 0.3 is 5.70 Å². The van der Waals surface area contributed by atoms with Crippen LogP contribution in [0.4, 0.5) is 0 Å². The number of hydrazine groups is 1. The molecule has 0 aliphatic carbocycles. The lowest BCUT2D eigenvalue weighted by atomic mass is 10.1. The third-order valence-electron chi connectivity index (χ3n) is 4.28. The molecule has 1 aliphatic rings. The Labute approximate surface area is 177 Å². The molecule has 0 aromatic heterocycles. The molecule has 3 rings (SSSR count). The van der Waals surface area contributed by atoms with E-state index in [1.807, 2.05) is 36.4 Å². The summed E-state index contributed by atoms with van der Waals surface area (Å²) in [5.41, 5.74) is 0.474. The van der Waals surface area contributed by atoms with Crippen LogP contribution in [0.2, 0.25) is 0 Å². The van der Waals surface area contributed by atoms with Crippen LogP contribution in [0, 0.1) is 21.4 Å². The Kier molecular flexibility index (Phi) is 6.56. The van der Waals surface area contributed by atoms with Gasteiger partial charge in [0, 0.05) is 12.5 Å². The molecule has 0 bridgehead atoms. The van der Waals surface area contributed by atoms with Gasteiger partial charge in [-0.1, -0.05) is 30.3 Å². The third kappa shape index (κ3) is 4.53. The molecule has 9 nitrogen and oxygen atoms in total. The van der Waals surface area contributed by atoms with Crippen molar-refractivity contribution in [1.29, 1.82) is 5.26 Å². The van der Waals surface area contributed by atoms with Crippen molar-refractivity contribution >= 4 is 17.5 Å². The van der Waals surface area contributed by atoms with Gasteiger partial charge in [0.2, 0.25) is 0 Å². The number of ether oxygens (including phenoxy) is 2.